The largest absolute Gasteiger partial charge is 0.416 e. The van der Waals surface area contributed by atoms with Gasteiger partial charge in [-0.05, 0) is 48.5 Å². The SMILES string of the molecule is O=C(c1ccc(C(F)(F)F)cc1)N1c2ccccc2Sc2ccccc21. The standard InChI is InChI=1S/C20H12F3NOS/c21-20(22,23)14-11-9-13(10-12-14)19(25)24-15-5-1-3-7-17(15)26-18-8-4-2-6-16(18)24/h1-12H. The number of hydrogen-bond acceptors (Lipinski definition) is 2. The van der Waals surface area contributed by atoms with Crippen LogP contribution in [0, 0.1) is 0 Å². The van der Waals surface area contributed by atoms with E-state index in [1.165, 1.54) is 12.1 Å². The Labute approximate surface area is 152 Å². The number of rotatable bonds is 1. The molecule has 0 aliphatic carbocycles. The smallest absolute Gasteiger partial charge is 0.275 e. The number of anilines is 2. The molecule has 26 heavy (non-hydrogen) atoms. The zero-order valence-electron chi connectivity index (χ0n) is 13.3. The Morgan fingerprint density at radius 3 is 1.77 bits per heavy atom. The van der Waals surface area contributed by atoms with Crippen LogP contribution in [0.15, 0.2) is 82.6 Å². The van der Waals surface area contributed by atoms with Crippen LogP contribution in [0.2, 0.25) is 0 Å². The monoisotopic (exact) mass is 371 g/mol. The number of carbonyl (C=O) groups is 1. The Hall–Kier alpha value is -2.73. The summed E-state index contributed by atoms with van der Waals surface area (Å²) < 4.78 is 38.3. The maximum Gasteiger partial charge on any atom is 0.416 e. The Morgan fingerprint density at radius 2 is 1.27 bits per heavy atom. The van der Waals surface area contributed by atoms with Crippen LogP contribution in [-0.2, 0) is 6.18 Å². The molecule has 4 rings (SSSR count). The van der Waals surface area contributed by atoms with Crippen molar-refractivity contribution in [3.63, 3.8) is 0 Å². The van der Waals surface area contributed by atoms with Gasteiger partial charge in [0.2, 0.25) is 0 Å². The molecular formula is C20H12F3NOS. The van der Waals surface area contributed by atoms with Gasteiger partial charge in [-0.2, -0.15) is 13.2 Å². The first-order chi connectivity index (χ1) is 12.4. The maximum atomic E-state index is 13.1. The summed E-state index contributed by atoms with van der Waals surface area (Å²) >= 11 is 1.56. The second-order valence-corrected chi connectivity index (χ2v) is 6.84. The number of alkyl halides is 3. The highest BCUT2D eigenvalue weighted by molar-refractivity contribution is 7.99. The summed E-state index contributed by atoms with van der Waals surface area (Å²) in [6, 6.07) is 19.3. The molecule has 0 saturated heterocycles. The Kier molecular flexibility index (Phi) is 4.00. The summed E-state index contributed by atoms with van der Waals surface area (Å²) in [4.78, 5) is 16.5. The first kappa shape index (κ1) is 16.7. The number of carbonyl (C=O) groups excluding carboxylic acids is 1. The number of benzene rings is 3. The number of para-hydroxylation sites is 2. The van der Waals surface area contributed by atoms with Gasteiger partial charge in [-0.25, -0.2) is 0 Å². The van der Waals surface area contributed by atoms with Gasteiger partial charge in [0.25, 0.3) is 5.91 Å². The van der Waals surface area contributed by atoms with Gasteiger partial charge in [-0.1, -0.05) is 36.0 Å². The van der Waals surface area contributed by atoms with E-state index >= 15 is 0 Å². The molecule has 130 valence electrons. The fourth-order valence-corrected chi connectivity index (χ4v) is 3.91. The molecule has 0 bridgehead atoms. The van der Waals surface area contributed by atoms with E-state index in [0.717, 1.165) is 33.3 Å². The number of nitrogens with zero attached hydrogens (tertiary/aromatic N) is 1. The van der Waals surface area contributed by atoms with Crippen molar-refractivity contribution in [3.8, 4) is 0 Å². The average molecular weight is 371 g/mol. The number of halogens is 3. The molecule has 0 N–H and O–H groups in total. The maximum absolute atomic E-state index is 13.1. The second kappa shape index (κ2) is 6.21. The summed E-state index contributed by atoms with van der Waals surface area (Å²) in [6.45, 7) is 0. The molecule has 1 aliphatic rings. The van der Waals surface area contributed by atoms with E-state index in [1.807, 2.05) is 48.5 Å². The van der Waals surface area contributed by atoms with Crippen molar-refractivity contribution >= 4 is 29.0 Å². The zero-order chi connectivity index (χ0) is 18.3. The third kappa shape index (κ3) is 2.86. The molecule has 0 aromatic heterocycles. The van der Waals surface area contributed by atoms with Crippen molar-refractivity contribution in [2.45, 2.75) is 16.0 Å². The van der Waals surface area contributed by atoms with Crippen LogP contribution in [0.5, 0.6) is 0 Å². The summed E-state index contributed by atoms with van der Waals surface area (Å²) in [5.41, 5.74) is 0.876. The molecule has 0 unspecified atom stereocenters. The molecule has 2 nitrogen and oxygen atoms in total. The van der Waals surface area contributed by atoms with Gasteiger partial charge < -0.3 is 0 Å². The number of fused-ring (bicyclic) bond motifs is 2. The van der Waals surface area contributed by atoms with Gasteiger partial charge in [0.1, 0.15) is 0 Å². The number of amides is 1. The van der Waals surface area contributed by atoms with Crippen LogP contribution in [0.4, 0.5) is 24.5 Å². The predicted octanol–water partition coefficient (Wildman–Crippen LogP) is 6.15. The van der Waals surface area contributed by atoms with Crippen LogP contribution in [0.1, 0.15) is 15.9 Å². The molecule has 3 aromatic carbocycles. The number of hydrogen-bond donors (Lipinski definition) is 0. The molecule has 6 heteroatoms. The van der Waals surface area contributed by atoms with Crippen molar-refractivity contribution < 1.29 is 18.0 Å². The first-order valence-corrected chi connectivity index (χ1v) is 8.64. The third-order valence-electron chi connectivity index (χ3n) is 4.09. The fourth-order valence-electron chi connectivity index (χ4n) is 2.85. The second-order valence-electron chi connectivity index (χ2n) is 5.75. The lowest BCUT2D eigenvalue weighted by atomic mass is 10.1. The third-order valence-corrected chi connectivity index (χ3v) is 5.22. The van der Waals surface area contributed by atoms with Crippen LogP contribution in [0.25, 0.3) is 0 Å². The Morgan fingerprint density at radius 1 is 0.769 bits per heavy atom. The fraction of sp³-hybridized carbons (Fsp3) is 0.0500. The quantitative estimate of drug-likeness (QED) is 0.511. The normalized spacial score (nSPS) is 13.1. The van der Waals surface area contributed by atoms with Crippen molar-refractivity contribution in [1.82, 2.24) is 0 Å². The zero-order valence-corrected chi connectivity index (χ0v) is 14.1. The van der Waals surface area contributed by atoms with Crippen molar-refractivity contribution in [2.24, 2.45) is 0 Å². The molecule has 1 heterocycles. The minimum Gasteiger partial charge on any atom is -0.275 e. The van der Waals surface area contributed by atoms with Crippen LogP contribution < -0.4 is 4.90 Å². The molecule has 0 saturated carbocycles. The summed E-state index contributed by atoms with van der Waals surface area (Å²) in [5.74, 6) is -0.362. The summed E-state index contributed by atoms with van der Waals surface area (Å²) in [7, 11) is 0. The van der Waals surface area contributed by atoms with E-state index in [4.69, 9.17) is 0 Å². The van der Waals surface area contributed by atoms with Crippen LogP contribution in [-0.4, -0.2) is 5.91 Å². The highest BCUT2D eigenvalue weighted by Crippen LogP contribution is 2.48. The molecule has 1 aliphatic heterocycles. The Bertz CT molecular complexity index is 937. The van der Waals surface area contributed by atoms with Crippen molar-refractivity contribution in [2.75, 3.05) is 4.90 Å². The lowest BCUT2D eigenvalue weighted by molar-refractivity contribution is -0.137. The predicted molar refractivity (Wildman–Crippen MR) is 94.9 cm³/mol. The van der Waals surface area contributed by atoms with E-state index in [-0.39, 0.29) is 11.5 Å². The van der Waals surface area contributed by atoms with Crippen LogP contribution >= 0.6 is 11.8 Å². The highest BCUT2D eigenvalue weighted by atomic mass is 32.2. The first-order valence-electron chi connectivity index (χ1n) is 7.83. The highest BCUT2D eigenvalue weighted by Gasteiger charge is 2.32. The van der Waals surface area contributed by atoms with Crippen LogP contribution in [0.3, 0.4) is 0 Å². The van der Waals surface area contributed by atoms with Gasteiger partial charge in [-0.15, -0.1) is 0 Å². The molecular weight excluding hydrogens is 359 g/mol. The van der Waals surface area contributed by atoms with Gasteiger partial charge in [0.05, 0.1) is 16.9 Å². The molecule has 1 amide bonds. The van der Waals surface area contributed by atoms with Gasteiger partial charge in [0.15, 0.2) is 0 Å². The summed E-state index contributed by atoms with van der Waals surface area (Å²) in [5, 5.41) is 0. The molecule has 0 atom stereocenters. The van der Waals surface area contributed by atoms with E-state index in [0.29, 0.717) is 0 Å². The minimum absolute atomic E-state index is 0.203. The van der Waals surface area contributed by atoms with Crippen molar-refractivity contribution in [1.29, 1.82) is 0 Å². The van der Waals surface area contributed by atoms with E-state index in [9.17, 15) is 18.0 Å². The minimum atomic E-state index is -4.43. The van der Waals surface area contributed by atoms with E-state index < -0.39 is 11.7 Å². The lowest BCUT2D eigenvalue weighted by Gasteiger charge is -2.31. The summed E-state index contributed by atoms with van der Waals surface area (Å²) in [6.07, 6.45) is -4.43. The topological polar surface area (TPSA) is 20.3 Å². The van der Waals surface area contributed by atoms with E-state index in [1.54, 1.807) is 16.7 Å². The lowest BCUT2D eigenvalue weighted by Crippen LogP contribution is -2.28. The van der Waals surface area contributed by atoms with Crippen molar-refractivity contribution in [3.05, 3.63) is 83.9 Å². The van der Waals surface area contributed by atoms with Gasteiger partial charge in [0, 0.05) is 15.4 Å². The average Bonchev–Trinajstić information content (AvgIpc) is 2.65. The van der Waals surface area contributed by atoms with Gasteiger partial charge in [-0.3, -0.25) is 9.69 Å². The Balaban J connectivity index is 1.79. The molecule has 0 spiro atoms. The molecule has 0 radical (unpaired) electrons. The molecule has 3 aromatic rings. The van der Waals surface area contributed by atoms with Gasteiger partial charge >= 0.3 is 6.18 Å². The molecule has 0 fully saturated rings. The van der Waals surface area contributed by atoms with E-state index in [2.05, 4.69) is 0 Å².